The fourth-order valence-corrected chi connectivity index (χ4v) is 3.00. The summed E-state index contributed by atoms with van der Waals surface area (Å²) >= 11 is 0. The second kappa shape index (κ2) is 6.93. The Balaban J connectivity index is 1.64. The predicted molar refractivity (Wildman–Crippen MR) is 88.3 cm³/mol. The molecule has 2 heterocycles. The molecule has 2 N–H and O–H groups in total. The number of amides is 1. The van der Waals surface area contributed by atoms with Gasteiger partial charge in [0.15, 0.2) is 0 Å². The summed E-state index contributed by atoms with van der Waals surface area (Å²) < 4.78 is 5.76. The molecule has 122 valence electrons. The van der Waals surface area contributed by atoms with E-state index in [1.54, 1.807) is 12.3 Å². The van der Waals surface area contributed by atoms with Crippen LogP contribution in [-0.4, -0.2) is 46.3 Å². The van der Waals surface area contributed by atoms with E-state index in [4.69, 9.17) is 4.74 Å². The molecular formula is C17H22N4O2. The van der Waals surface area contributed by atoms with Crippen molar-refractivity contribution < 1.29 is 9.53 Å². The van der Waals surface area contributed by atoms with E-state index in [1.165, 1.54) is 5.56 Å². The van der Waals surface area contributed by atoms with Crippen molar-refractivity contribution in [3.63, 3.8) is 0 Å². The monoisotopic (exact) mass is 314 g/mol. The summed E-state index contributed by atoms with van der Waals surface area (Å²) in [4.78, 5) is 14.4. The Kier molecular flexibility index (Phi) is 4.73. The molecule has 6 nitrogen and oxygen atoms in total. The molecule has 0 aliphatic carbocycles. The molecule has 1 aromatic carbocycles. The van der Waals surface area contributed by atoms with Crippen LogP contribution in [0.15, 0.2) is 36.5 Å². The maximum Gasteiger partial charge on any atom is 0.273 e. The maximum absolute atomic E-state index is 12.1. The third-order valence-electron chi connectivity index (χ3n) is 3.83. The van der Waals surface area contributed by atoms with E-state index in [0.717, 1.165) is 25.3 Å². The first-order valence-corrected chi connectivity index (χ1v) is 7.87. The number of carbonyl (C=O) groups is 1. The average molecular weight is 314 g/mol. The van der Waals surface area contributed by atoms with E-state index < -0.39 is 0 Å². The summed E-state index contributed by atoms with van der Waals surface area (Å²) in [5, 5.41) is 9.34. The third-order valence-corrected chi connectivity index (χ3v) is 3.83. The number of aromatic amines is 1. The fraction of sp³-hybridized carbons (Fsp3) is 0.412. The van der Waals surface area contributed by atoms with Crippen LogP contribution in [0.3, 0.4) is 0 Å². The molecule has 1 aliphatic heterocycles. The van der Waals surface area contributed by atoms with Gasteiger partial charge in [0.2, 0.25) is 0 Å². The Hall–Kier alpha value is -2.18. The van der Waals surface area contributed by atoms with Crippen LogP contribution in [0.5, 0.6) is 0 Å². The molecule has 0 unspecified atom stereocenters. The molecule has 2 aromatic rings. The highest BCUT2D eigenvalue weighted by Gasteiger charge is 2.22. The van der Waals surface area contributed by atoms with E-state index in [2.05, 4.69) is 40.3 Å². The van der Waals surface area contributed by atoms with Crippen molar-refractivity contribution in [2.45, 2.75) is 32.6 Å². The highest BCUT2D eigenvalue weighted by molar-refractivity contribution is 6.02. The maximum atomic E-state index is 12.1. The summed E-state index contributed by atoms with van der Waals surface area (Å²) in [6.07, 6.45) is 2.07. The van der Waals surface area contributed by atoms with Gasteiger partial charge < -0.3 is 10.1 Å². The van der Waals surface area contributed by atoms with Gasteiger partial charge in [0.05, 0.1) is 12.2 Å². The Labute approximate surface area is 135 Å². The number of morpholine rings is 1. The number of nitrogens with zero attached hydrogens (tertiary/aromatic N) is 2. The van der Waals surface area contributed by atoms with E-state index in [-0.39, 0.29) is 18.1 Å². The summed E-state index contributed by atoms with van der Waals surface area (Å²) in [6, 6.07) is 9.60. The Morgan fingerprint density at radius 3 is 2.83 bits per heavy atom. The van der Waals surface area contributed by atoms with Crippen LogP contribution in [0, 0.1) is 0 Å². The van der Waals surface area contributed by atoms with Gasteiger partial charge in [0, 0.05) is 31.5 Å². The van der Waals surface area contributed by atoms with E-state index >= 15 is 0 Å². The summed E-state index contributed by atoms with van der Waals surface area (Å²) in [5.74, 6) is -0.187. The number of nitrogens with one attached hydrogen (secondary N) is 2. The Morgan fingerprint density at radius 2 is 2.13 bits per heavy atom. The molecule has 1 aromatic heterocycles. The zero-order chi connectivity index (χ0) is 16.2. The van der Waals surface area contributed by atoms with Crippen LogP contribution in [0.4, 0.5) is 5.69 Å². The van der Waals surface area contributed by atoms with Crippen molar-refractivity contribution in [2.75, 3.05) is 18.4 Å². The second-order valence-electron chi connectivity index (χ2n) is 6.08. The van der Waals surface area contributed by atoms with Gasteiger partial charge in [0.1, 0.15) is 5.69 Å². The third kappa shape index (κ3) is 4.18. The van der Waals surface area contributed by atoms with Crippen LogP contribution in [0.2, 0.25) is 0 Å². The van der Waals surface area contributed by atoms with E-state index in [9.17, 15) is 4.79 Å². The first-order valence-electron chi connectivity index (χ1n) is 7.87. The number of aromatic nitrogens is 2. The normalized spacial score (nSPS) is 22.0. The molecule has 1 amide bonds. The lowest BCUT2D eigenvalue weighted by atomic mass is 10.1. The summed E-state index contributed by atoms with van der Waals surface area (Å²) in [5.41, 5.74) is 2.41. The SMILES string of the molecule is C[C@@H]1CN(Cc2cccc(NC(=O)c3ccn[nH]3)c2)C[C@@H](C)O1. The van der Waals surface area contributed by atoms with Crippen molar-refractivity contribution in [1.29, 1.82) is 0 Å². The molecule has 1 fully saturated rings. The first-order chi connectivity index (χ1) is 11.1. The van der Waals surface area contributed by atoms with Crippen LogP contribution in [-0.2, 0) is 11.3 Å². The molecule has 1 aliphatic rings. The molecule has 1 saturated heterocycles. The molecular weight excluding hydrogens is 292 g/mol. The topological polar surface area (TPSA) is 70.2 Å². The van der Waals surface area contributed by atoms with Crippen molar-refractivity contribution in [2.24, 2.45) is 0 Å². The molecule has 3 rings (SSSR count). The molecule has 0 radical (unpaired) electrons. The van der Waals surface area contributed by atoms with Gasteiger partial charge in [-0.25, -0.2) is 0 Å². The summed E-state index contributed by atoms with van der Waals surface area (Å²) in [7, 11) is 0. The van der Waals surface area contributed by atoms with Crippen LogP contribution >= 0.6 is 0 Å². The van der Waals surface area contributed by atoms with Crippen molar-refractivity contribution in [3.05, 3.63) is 47.8 Å². The first kappa shape index (κ1) is 15.7. The molecule has 0 spiro atoms. The largest absolute Gasteiger partial charge is 0.373 e. The van der Waals surface area contributed by atoms with Gasteiger partial charge in [-0.3, -0.25) is 14.8 Å². The predicted octanol–water partition coefficient (Wildman–Crippen LogP) is 2.27. The molecule has 2 atom stereocenters. The number of hydrogen-bond acceptors (Lipinski definition) is 4. The number of carbonyl (C=O) groups excluding carboxylic acids is 1. The zero-order valence-electron chi connectivity index (χ0n) is 13.5. The number of benzene rings is 1. The number of ether oxygens (including phenoxy) is 1. The van der Waals surface area contributed by atoms with E-state index in [0.29, 0.717) is 5.69 Å². The van der Waals surface area contributed by atoms with Crippen LogP contribution < -0.4 is 5.32 Å². The van der Waals surface area contributed by atoms with Gasteiger partial charge >= 0.3 is 0 Å². The smallest absolute Gasteiger partial charge is 0.273 e. The minimum absolute atomic E-state index is 0.187. The van der Waals surface area contributed by atoms with Crippen molar-refractivity contribution in [1.82, 2.24) is 15.1 Å². The second-order valence-corrected chi connectivity index (χ2v) is 6.08. The lowest BCUT2D eigenvalue weighted by Gasteiger charge is -2.35. The van der Waals surface area contributed by atoms with Gasteiger partial charge in [-0.05, 0) is 37.6 Å². The van der Waals surface area contributed by atoms with Crippen LogP contribution in [0.1, 0.15) is 29.9 Å². The summed E-state index contributed by atoms with van der Waals surface area (Å²) in [6.45, 7) is 6.91. The highest BCUT2D eigenvalue weighted by atomic mass is 16.5. The van der Waals surface area contributed by atoms with Gasteiger partial charge in [-0.1, -0.05) is 12.1 Å². The Bertz CT molecular complexity index is 646. The minimum atomic E-state index is -0.187. The van der Waals surface area contributed by atoms with E-state index in [1.807, 2.05) is 18.2 Å². The average Bonchev–Trinajstić information content (AvgIpc) is 3.00. The zero-order valence-corrected chi connectivity index (χ0v) is 13.5. The Morgan fingerprint density at radius 1 is 1.35 bits per heavy atom. The number of H-pyrrole nitrogens is 1. The van der Waals surface area contributed by atoms with Crippen molar-refractivity contribution >= 4 is 11.6 Å². The number of rotatable bonds is 4. The van der Waals surface area contributed by atoms with Gasteiger partial charge in [0.25, 0.3) is 5.91 Å². The minimum Gasteiger partial charge on any atom is -0.373 e. The van der Waals surface area contributed by atoms with Crippen molar-refractivity contribution in [3.8, 4) is 0 Å². The molecule has 6 heteroatoms. The van der Waals surface area contributed by atoms with Crippen LogP contribution in [0.25, 0.3) is 0 Å². The quantitative estimate of drug-likeness (QED) is 0.908. The fourth-order valence-electron chi connectivity index (χ4n) is 3.00. The molecule has 0 saturated carbocycles. The standard InChI is InChI=1S/C17H22N4O2/c1-12-9-21(10-13(2)23-12)11-14-4-3-5-15(8-14)19-17(22)16-6-7-18-20-16/h3-8,12-13H,9-11H2,1-2H3,(H,18,20)(H,19,22)/t12-,13-/m1/s1. The lowest BCUT2D eigenvalue weighted by Crippen LogP contribution is -2.44. The van der Waals surface area contributed by atoms with Gasteiger partial charge in [-0.15, -0.1) is 0 Å². The highest BCUT2D eigenvalue weighted by Crippen LogP contribution is 2.17. The van der Waals surface area contributed by atoms with Gasteiger partial charge in [-0.2, -0.15) is 5.10 Å². The number of anilines is 1. The molecule has 0 bridgehead atoms. The molecule has 23 heavy (non-hydrogen) atoms. The lowest BCUT2D eigenvalue weighted by molar-refractivity contribution is -0.0704. The number of hydrogen-bond donors (Lipinski definition) is 2.